The molecule has 0 unspecified atom stereocenters. The molecule has 0 saturated carbocycles. The van der Waals surface area contributed by atoms with Crippen molar-refractivity contribution < 1.29 is 18.0 Å². The molecule has 8 nitrogen and oxygen atoms in total. The summed E-state index contributed by atoms with van der Waals surface area (Å²) in [6, 6.07) is 17.9. The molecule has 33 heavy (non-hydrogen) atoms. The van der Waals surface area contributed by atoms with Crippen LogP contribution in [0, 0.1) is 0 Å². The predicted octanol–water partition coefficient (Wildman–Crippen LogP) is 3.06. The Kier molecular flexibility index (Phi) is 7.17. The number of carbonyl (C=O) groups excluding carboxylic acids is 2. The normalized spacial score (nSPS) is 14.7. The molecule has 1 N–H and O–H groups in total. The van der Waals surface area contributed by atoms with Crippen LogP contribution in [0.15, 0.2) is 70.9 Å². The van der Waals surface area contributed by atoms with Gasteiger partial charge in [-0.2, -0.15) is 4.31 Å². The van der Waals surface area contributed by atoms with Gasteiger partial charge in [0.05, 0.1) is 10.6 Å². The van der Waals surface area contributed by atoms with E-state index in [1.54, 1.807) is 35.2 Å². The number of thiazole rings is 1. The molecule has 2 aromatic carbocycles. The van der Waals surface area contributed by atoms with Gasteiger partial charge in [-0.1, -0.05) is 48.5 Å². The molecule has 172 valence electrons. The van der Waals surface area contributed by atoms with Crippen molar-refractivity contribution in [2.24, 2.45) is 0 Å². The van der Waals surface area contributed by atoms with Crippen LogP contribution >= 0.6 is 11.3 Å². The first-order valence-corrected chi connectivity index (χ1v) is 12.9. The van der Waals surface area contributed by atoms with Gasteiger partial charge in [0, 0.05) is 50.0 Å². The van der Waals surface area contributed by atoms with Crippen LogP contribution in [0.1, 0.15) is 12.8 Å². The minimum atomic E-state index is -3.56. The molecule has 0 radical (unpaired) electrons. The molecule has 1 aliphatic rings. The van der Waals surface area contributed by atoms with E-state index in [4.69, 9.17) is 0 Å². The molecule has 1 saturated heterocycles. The quantitative estimate of drug-likeness (QED) is 0.556. The van der Waals surface area contributed by atoms with Crippen LogP contribution in [-0.2, 0) is 19.6 Å². The molecule has 3 aromatic rings. The number of carbonyl (C=O) groups is 2. The minimum absolute atomic E-state index is 0.0433. The van der Waals surface area contributed by atoms with E-state index in [1.165, 1.54) is 15.6 Å². The predicted molar refractivity (Wildman–Crippen MR) is 127 cm³/mol. The number of hydrogen-bond donors (Lipinski definition) is 1. The summed E-state index contributed by atoms with van der Waals surface area (Å²) in [5, 5.41) is 5.11. The maximum absolute atomic E-state index is 12.7. The highest BCUT2D eigenvalue weighted by Gasteiger charge is 2.30. The molecular weight excluding hydrogens is 460 g/mol. The zero-order valence-corrected chi connectivity index (χ0v) is 19.5. The summed E-state index contributed by atoms with van der Waals surface area (Å²) in [6.45, 7) is 1.08. The fourth-order valence-corrected chi connectivity index (χ4v) is 5.73. The summed E-state index contributed by atoms with van der Waals surface area (Å²) in [6.07, 6.45) is 0.107. The Balaban J connectivity index is 1.24. The molecule has 0 aliphatic carbocycles. The highest BCUT2D eigenvalue weighted by molar-refractivity contribution is 7.89. The van der Waals surface area contributed by atoms with E-state index < -0.39 is 10.0 Å². The van der Waals surface area contributed by atoms with Crippen molar-refractivity contribution >= 4 is 38.3 Å². The van der Waals surface area contributed by atoms with Gasteiger partial charge in [-0.15, -0.1) is 11.3 Å². The summed E-state index contributed by atoms with van der Waals surface area (Å²) < 4.78 is 26.8. The summed E-state index contributed by atoms with van der Waals surface area (Å²) in [5.74, 6) is -0.436. The van der Waals surface area contributed by atoms with Crippen LogP contribution in [-0.4, -0.2) is 60.6 Å². The van der Waals surface area contributed by atoms with Crippen LogP contribution in [0.3, 0.4) is 0 Å². The third kappa shape index (κ3) is 5.65. The lowest BCUT2D eigenvalue weighted by Gasteiger charge is -2.34. The van der Waals surface area contributed by atoms with Gasteiger partial charge in [0.25, 0.3) is 0 Å². The van der Waals surface area contributed by atoms with Gasteiger partial charge < -0.3 is 10.2 Å². The highest BCUT2D eigenvalue weighted by atomic mass is 32.2. The molecule has 1 aliphatic heterocycles. The minimum Gasteiger partial charge on any atom is -0.340 e. The van der Waals surface area contributed by atoms with E-state index in [1.807, 2.05) is 35.7 Å². The largest absolute Gasteiger partial charge is 0.340 e. The van der Waals surface area contributed by atoms with E-state index in [0.717, 1.165) is 11.3 Å². The average Bonchev–Trinajstić information content (AvgIpc) is 3.32. The monoisotopic (exact) mass is 484 g/mol. The zero-order valence-electron chi connectivity index (χ0n) is 17.9. The van der Waals surface area contributed by atoms with Crippen LogP contribution in [0.5, 0.6) is 0 Å². The standard InChI is InChI=1S/C23H24N4O4S2/c28-21(25-23-24-20(17-32-23)18-7-3-1-4-8-18)11-12-22(29)26-13-15-27(16-14-26)33(30,31)19-9-5-2-6-10-19/h1-10,17H,11-16H2,(H,24,25,28). The fourth-order valence-electron chi connectivity index (χ4n) is 3.55. The van der Waals surface area contributed by atoms with Gasteiger partial charge in [-0.3, -0.25) is 9.59 Å². The number of nitrogens with zero attached hydrogens (tertiary/aromatic N) is 3. The van der Waals surface area contributed by atoms with Crippen molar-refractivity contribution in [3.63, 3.8) is 0 Å². The molecule has 4 rings (SSSR count). The van der Waals surface area contributed by atoms with Gasteiger partial charge in [0.2, 0.25) is 21.8 Å². The van der Waals surface area contributed by atoms with Crippen molar-refractivity contribution in [1.82, 2.24) is 14.2 Å². The fraction of sp³-hybridized carbons (Fsp3) is 0.261. The van der Waals surface area contributed by atoms with Gasteiger partial charge in [0.15, 0.2) is 5.13 Å². The van der Waals surface area contributed by atoms with E-state index in [9.17, 15) is 18.0 Å². The Morgan fingerprint density at radius 1 is 0.909 bits per heavy atom. The number of piperazine rings is 1. The Morgan fingerprint density at radius 3 is 2.21 bits per heavy atom. The number of hydrogen-bond acceptors (Lipinski definition) is 6. The molecule has 10 heteroatoms. The number of aromatic nitrogens is 1. The second-order valence-corrected chi connectivity index (χ2v) is 10.3. The number of rotatable bonds is 7. The summed E-state index contributed by atoms with van der Waals surface area (Å²) >= 11 is 1.33. The zero-order chi connectivity index (χ0) is 23.3. The molecule has 1 fully saturated rings. The van der Waals surface area contributed by atoms with E-state index in [0.29, 0.717) is 18.2 Å². The van der Waals surface area contributed by atoms with Crippen LogP contribution in [0.4, 0.5) is 5.13 Å². The number of benzene rings is 2. The first-order chi connectivity index (χ1) is 15.9. The van der Waals surface area contributed by atoms with Gasteiger partial charge in [0.1, 0.15) is 0 Å². The molecule has 0 spiro atoms. The lowest BCUT2D eigenvalue weighted by Crippen LogP contribution is -2.50. The van der Waals surface area contributed by atoms with Gasteiger partial charge >= 0.3 is 0 Å². The second-order valence-electron chi connectivity index (χ2n) is 7.55. The van der Waals surface area contributed by atoms with Crippen LogP contribution in [0.25, 0.3) is 11.3 Å². The number of sulfonamides is 1. The van der Waals surface area contributed by atoms with E-state index >= 15 is 0 Å². The molecular formula is C23H24N4O4S2. The molecule has 2 heterocycles. The van der Waals surface area contributed by atoms with Crippen LogP contribution < -0.4 is 5.32 Å². The third-order valence-corrected chi connectivity index (χ3v) is 8.03. The topological polar surface area (TPSA) is 99.7 Å². The number of anilines is 1. The van der Waals surface area contributed by atoms with Gasteiger partial charge in [-0.05, 0) is 12.1 Å². The second kappa shape index (κ2) is 10.2. The molecule has 0 bridgehead atoms. The first-order valence-electron chi connectivity index (χ1n) is 10.6. The van der Waals surface area contributed by atoms with Gasteiger partial charge in [-0.25, -0.2) is 13.4 Å². The Hall–Kier alpha value is -3.08. The molecule has 2 amide bonds. The highest BCUT2D eigenvalue weighted by Crippen LogP contribution is 2.24. The number of nitrogens with one attached hydrogen (secondary N) is 1. The summed E-state index contributed by atoms with van der Waals surface area (Å²) in [7, 11) is -3.56. The Labute approximate surface area is 196 Å². The maximum atomic E-state index is 12.7. The Bertz CT molecular complexity index is 1210. The summed E-state index contributed by atoms with van der Waals surface area (Å²) in [5.41, 5.74) is 1.76. The maximum Gasteiger partial charge on any atom is 0.243 e. The SMILES string of the molecule is O=C(CCC(=O)N1CCN(S(=O)(=O)c2ccccc2)CC1)Nc1nc(-c2ccccc2)cs1. The molecule has 0 atom stereocenters. The van der Waals surface area contributed by atoms with Crippen molar-refractivity contribution in [3.8, 4) is 11.3 Å². The first kappa shape index (κ1) is 23.1. The third-order valence-electron chi connectivity index (χ3n) is 5.36. The van der Waals surface area contributed by atoms with Crippen molar-refractivity contribution in [3.05, 3.63) is 66.0 Å². The lowest BCUT2D eigenvalue weighted by atomic mass is 10.2. The van der Waals surface area contributed by atoms with E-state index in [-0.39, 0.29) is 42.6 Å². The Morgan fingerprint density at radius 2 is 1.55 bits per heavy atom. The molecule has 1 aromatic heterocycles. The smallest absolute Gasteiger partial charge is 0.243 e. The summed E-state index contributed by atoms with van der Waals surface area (Å²) in [4.78, 5) is 31.1. The van der Waals surface area contributed by atoms with Crippen molar-refractivity contribution in [2.75, 3.05) is 31.5 Å². The van der Waals surface area contributed by atoms with E-state index in [2.05, 4.69) is 10.3 Å². The van der Waals surface area contributed by atoms with Crippen LogP contribution in [0.2, 0.25) is 0 Å². The van der Waals surface area contributed by atoms with Crippen molar-refractivity contribution in [1.29, 1.82) is 0 Å². The number of amides is 2. The lowest BCUT2D eigenvalue weighted by molar-refractivity contribution is -0.133. The average molecular weight is 485 g/mol. The van der Waals surface area contributed by atoms with Crippen molar-refractivity contribution in [2.45, 2.75) is 17.7 Å².